The average molecular weight is 385 g/mol. The number of benzene rings is 1. The van der Waals surface area contributed by atoms with E-state index in [4.69, 9.17) is 0 Å². The summed E-state index contributed by atoms with van der Waals surface area (Å²) in [5, 5.41) is 3.05. The van der Waals surface area contributed by atoms with E-state index in [9.17, 15) is 17.6 Å². The number of amides is 1. The predicted molar refractivity (Wildman–Crippen MR) is 102 cm³/mol. The summed E-state index contributed by atoms with van der Waals surface area (Å²) >= 11 is 0. The minimum atomic E-state index is -3.69. The summed E-state index contributed by atoms with van der Waals surface area (Å²) in [5.74, 6) is -0.734. The van der Waals surface area contributed by atoms with Crippen LogP contribution in [0, 0.1) is 5.82 Å². The molecule has 1 amide bonds. The molecule has 1 unspecified atom stereocenters. The van der Waals surface area contributed by atoms with E-state index >= 15 is 0 Å². The first-order valence-corrected chi connectivity index (χ1v) is 11.2. The molecule has 146 valence electrons. The molecular weight excluding hydrogens is 355 g/mol. The van der Waals surface area contributed by atoms with Crippen LogP contribution in [0.25, 0.3) is 0 Å². The van der Waals surface area contributed by atoms with Crippen LogP contribution in [0.4, 0.5) is 10.1 Å². The molecule has 0 bridgehead atoms. The Morgan fingerprint density at radius 2 is 1.69 bits per heavy atom. The van der Waals surface area contributed by atoms with Crippen molar-refractivity contribution in [1.29, 1.82) is 0 Å². The maximum atomic E-state index is 13.2. The molecule has 1 N–H and O–H groups in total. The molecule has 0 spiro atoms. The maximum absolute atomic E-state index is 13.2. The zero-order chi connectivity index (χ0) is 19.2. The molecule has 1 aromatic carbocycles. The van der Waals surface area contributed by atoms with Gasteiger partial charge in [-0.05, 0) is 43.5 Å². The Balaban J connectivity index is 2.20. The molecule has 1 fully saturated rings. The first-order valence-electron chi connectivity index (χ1n) is 9.38. The van der Waals surface area contributed by atoms with Crippen molar-refractivity contribution in [2.75, 3.05) is 10.6 Å². The van der Waals surface area contributed by atoms with Crippen molar-refractivity contribution in [2.24, 2.45) is 0 Å². The molecule has 0 saturated heterocycles. The molecule has 1 aliphatic rings. The minimum absolute atomic E-state index is 0.0893. The topological polar surface area (TPSA) is 66.5 Å². The van der Waals surface area contributed by atoms with E-state index in [0.29, 0.717) is 12.1 Å². The summed E-state index contributed by atoms with van der Waals surface area (Å²) in [6, 6.07) is 4.43. The highest BCUT2D eigenvalue weighted by Gasteiger charge is 2.32. The number of anilines is 1. The molecule has 1 aromatic rings. The molecule has 0 heterocycles. The van der Waals surface area contributed by atoms with Crippen LogP contribution in [0.3, 0.4) is 0 Å². The second-order valence-electron chi connectivity index (χ2n) is 7.01. The second kappa shape index (κ2) is 9.35. The molecule has 26 heavy (non-hydrogen) atoms. The normalized spacial score (nSPS) is 17.8. The van der Waals surface area contributed by atoms with Crippen LogP contribution in [-0.2, 0) is 14.8 Å². The van der Waals surface area contributed by atoms with Crippen LogP contribution in [0.2, 0.25) is 0 Å². The highest BCUT2D eigenvalue weighted by molar-refractivity contribution is 7.92. The van der Waals surface area contributed by atoms with E-state index in [1.165, 1.54) is 43.5 Å². The zero-order valence-corrected chi connectivity index (χ0v) is 16.4. The van der Waals surface area contributed by atoms with E-state index in [0.717, 1.165) is 36.2 Å². The molecule has 1 atom stereocenters. The van der Waals surface area contributed by atoms with Crippen molar-refractivity contribution in [2.45, 2.75) is 70.4 Å². The van der Waals surface area contributed by atoms with E-state index in [1.54, 1.807) is 6.92 Å². The first-order chi connectivity index (χ1) is 12.3. The van der Waals surface area contributed by atoms with Crippen LogP contribution in [0.5, 0.6) is 0 Å². The van der Waals surface area contributed by atoms with Crippen molar-refractivity contribution < 1.29 is 17.6 Å². The third-order valence-electron chi connectivity index (χ3n) is 4.86. The van der Waals surface area contributed by atoms with Gasteiger partial charge in [0.2, 0.25) is 15.9 Å². The Hall–Kier alpha value is -1.63. The predicted octanol–water partition coefficient (Wildman–Crippen LogP) is 3.60. The van der Waals surface area contributed by atoms with Gasteiger partial charge in [0.05, 0.1) is 11.9 Å². The van der Waals surface area contributed by atoms with Gasteiger partial charge in [0.15, 0.2) is 0 Å². The monoisotopic (exact) mass is 384 g/mol. The average Bonchev–Trinajstić information content (AvgIpc) is 2.54. The number of nitrogens with zero attached hydrogens (tertiary/aromatic N) is 1. The number of hydrogen-bond donors (Lipinski definition) is 1. The number of nitrogens with one attached hydrogen (secondary N) is 1. The third-order valence-corrected chi connectivity index (χ3v) is 6.04. The lowest BCUT2D eigenvalue weighted by Gasteiger charge is -2.32. The maximum Gasteiger partial charge on any atom is 0.244 e. The number of hydrogen-bond acceptors (Lipinski definition) is 3. The number of carbonyl (C=O) groups excluding carboxylic acids is 1. The Morgan fingerprint density at radius 3 is 2.19 bits per heavy atom. The minimum Gasteiger partial charge on any atom is -0.352 e. The number of carbonyl (C=O) groups is 1. The summed E-state index contributed by atoms with van der Waals surface area (Å²) in [4.78, 5) is 12.9. The van der Waals surface area contributed by atoms with Gasteiger partial charge in [0.25, 0.3) is 0 Å². The van der Waals surface area contributed by atoms with E-state index in [-0.39, 0.29) is 11.9 Å². The number of sulfonamides is 1. The number of halogens is 1. The van der Waals surface area contributed by atoms with Gasteiger partial charge in [-0.15, -0.1) is 0 Å². The molecule has 0 radical (unpaired) electrons. The van der Waals surface area contributed by atoms with Crippen molar-refractivity contribution >= 4 is 21.6 Å². The van der Waals surface area contributed by atoms with Crippen LogP contribution in [0.15, 0.2) is 24.3 Å². The summed E-state index contributed by atoms with van der Waals surface area (Å²) < 4.78 is 39.1. The van der Waals surface area contributed by atoms with Gasteiger partial charge in [0.1, 0.15) is 11.9 Å². The smallest absolute Gasteiger partial charge is 0.244 e. The molecular formula is C19H29FN2O3S. The summed E-state index contributed by atoms with van der Waals surface area (Å²) in [6.45, 7) is 1.78. The summed E-state index contributed by atoms with van der Waals surface area (Å²) in [6.07, 6.45) is 9.01. The fourth-order valence-electron chi connectivity index (χ4n) is 3.55. The van der Waals surface area contributed by atoms with Crippen molar-refractivity contribution in [1.82, 2.24) is 5.32 Å². The van der Waals surface area contributed by atoms with Crippen LogP contribution in [-0.4, -0.2) is 32.7 Å². The highest BCUT2D eigenvalue weighted by atomic mass is 32.2. The Labute approximate surface area is 156 Å². The second-order valence-corrected chi connectivity index (χ2v) is 8.87. The molecule has 7 heteroatoms. The van der Waals surface area contributed by atoms with Gasteiger partial charge >= 0.3 is 0 Å². The molecule has 0 aliphatic heterocycles. The van der Waals surface area contributed by atoms with Gasteiger partial charge in [-0.3, -0.25) is 9.10 Å². The lowest BCUT2D eigenvalue weighted by atomic mass is 9.96. The Morgan fingerprint density at radius 1 is 1.15 bits per heavy atom. The largest absolute Gasteiger partial charge is 0.352 e. The summed E-state index contributed by atoms with van der Waals surface area (Å²) in [7, 11) is -3.69. The first kappa shape index (κ1) is 20.7. The molecule has 1 saturated carbocycles. The molecule has 0 aromatic heterocycles. The van der Waals surface area contributed by atoms with Gasteiger partial charge in [-0.1, -0.05) is 39.0 Å². The van der Waals surface area contributed by atoms with Crippen LogP contribution < -0.4 is 9.62 Å². The van der Waals surface area contributed by atoms with Gasteiger partial charge in [-0.25, -0.2) is 12.8 Å². The Kier molecular flexibility index (Phi) is 7.43. The lowest BCUT2D eigenvalue weighted by Crippen LogP contribution is -2.51. The standard InChI is InChI=1S/C19H29FN2O3S/c1-3-18(19(23)21-16-9-7-5-4-6-8-10-16)22(26(2,24)25)17-13-11-15(20)12-14-17/h11-14,16,18H,3-10H2,1-2H3,(H,21,23). The Bertz CT molecular complexity index is 683. The van der Waals surface area contributed by atoms with Gasteiger partial charge < -0.3 is 5.32 Å². The molecule has 5 nitrogen and oxygen atoms in total. The van der Waals surface area contributed by atoms with Crippen molar-refractivity contribution in [3.63, 3.8) is 0 Å². The van der Waals surface area contributed by atoms with Gasteiger partial charge in [0, 0.05) is 6.04 Å². The third kappa shape index (κ3) is 5.69. The van der Waals surface area contributed by atoms with Crippen molar-refractivity contribution in [3.05, 3.63) is 30.1 Å². The molecule has 2 rings (SSSR count). The van der Waals surface area contributed by atoms with E-state index in [1.807, 2.05) is 0 Å². The van der Waals surface area contributed by atoms with Crippen LogP contribution >= 0.6 is 0 Å². The fraction of sp³-hybridized carbons (Fsp3) is 0.632. The molecule has 1 aliphatic carbocycles. The van der Waals surface area contributed by atoms with E-state index in [2.05, 4.69) is 5.32 Å². The van der Waals surface area contributed by atoms with Gasteiger partial charge in [-0.2, -0.15) is 0 Å². The highest BCUT2D eigenvalue weighted by Crippen LogP contribution is 2.24. The number of rotatable bonds is 6. The van der Waals surface area contributed by atoms with Crippen molar-refractivity contribution in [3.8, 4) is 0 Å². The quantitative estimate of drug-likeness (QED) is 0.815. The zero-order valence-electron chi connectivity index (χ0n) is 15.6. The SMILES string of the molecule is CCC(C(=O)NC1CCCCCCC1)N(c1ccc(F)cc1)S(C)(=O)=O. The lowest BCUT2D eigenvalue weighted by molar-refractivity contribution is -0.123. The summed E-state index contributed by atoms with van der Waals surface area (Å²) in [5.41, 5.74) is 0.300. The van der Waals surface area contributed by atoms with E-state index < -0.39 is 21.9 Å². The fourth-order valence-corrected chi connectivity index (χ4v) is 4.76. The van der Waals surface area contributed by atoms with Crippen LogP contribution in [0.1, 0.15) is 58.3 Å².